The highest BCUT2D eigenvalue weighted by atomic mass is 16.5. The molecule has 1 aliphatic rings. The second kappa shape index (κ2) is 5.72. The van der Waals surface area contributed by atoms with Gasteiger partial charge in [-0.1, -0.05) is 18.2 Å². The van der Waals surface area contributed by atoms with Crippen LogP contribution in [0.3, 0.4) is 0 Å². The van der Waals surface area contributed by atoms with Gasteiger partial charge in [-0.05, 0) is 29.7 Å². The zero-order chi connectivity index (χ0) is 15.7. The molecular formula is C18H18O4. The standard InChI is InChI=1S/C18H18O4/c1-20-16-9-7-14(17(21-2)18(16)22-3)12-4-6-13-11(10-12)5-8-15(13)19/h4,6-7,9-10H,5,8H2,1-3H3. The van der Waals surface area contributed by atoms with Crippen molar-refractivity contribution in [2.24, 2.45) is 0 Å². The van der Waals surface area contributed by atoms with Gasteiger partial charge in [-0.25, -0.2) is 0 Å². The van der Waals surface area contributed by atoms with Crippen LogP contribution >= 0.6 is 0 Å². The lowest BCUT2D eigenvalue weighted by Gasteiger charge is -2.16. The highest BCUT2D eigenvalue weighted by molar-refractivity contribution is 6.01. The van der Waals surface area contributed by atoms with Crippen LogP contribution in [-0.2, 0) is 6.42 Å². The van der Waals surface area contributed by atoms with Crippen LogP contribution in [0, 0.1) is 0 Å². The second-order valence-corrected chi connectivity index (χ2v) is 5.18. The number of methoxy groups -OCH3 is 3. The molecule has 0 atom stereocenters. The van der Waals surface area contributed by atoms with Crippen molar-refractivity contribution in [3.8, 4) is 28.4 Å². The minimum absolute atomic E-state index is 0.223. The first kappa shape index (κ1) is 14.4. The molecule has 0 N–H and O–H groups in total. The molecule has 2 aromatic rings. The summed E-state index contributed by atoms with van der Waals surface area (Å²) in [5.74, 6) is 2.05. The molecule has 0 radical (unpaired) electrons. The highest BCUT2D eigenvalue weighted by Crippen LogP contribution is 2.44. The molecule has 2 aromatic carbocycles. The Morgan fingerprint density at radius 3 is 2.23 bits per heavy atom. The van der Waals surface area contributed by atoms with Crippen LogP contribution in [-0.4, -0.2) is 27.1 Å². The van der Waals surface area contributed by atoms with E-state index in [1.165, 1.54) is 0 Å². The molecule has 3 rings (SSSR count). The quantitative estimate of drug-likeness (QED) is 0.866. The van der Waals surface area contributed by atoms with E-state index in [0.717, 1.165) is 28.7 Å². The van der Waals surface area contributed by atoms with E-state index < -0.39 is 0 Å². The largest absolute Gasteiger partial charge is 0.493 e. The zero-order valence-corrected chi connectivity index (χ0v) is 12.9. The van der Waals surface area contributed by atoms with Gasteiger partial charge < -0.3 is 14.2 Å². The number of fused-ring (bicyclic) bond motifs is 1. The monoisotopic (exact) mass is 298 g/mol. The van der Waals surface area contributed by atoms with Crippen molar-refractivity contribution in [3.05, 3.63) is 41.5 Å². The average molecular weight is 298 g/mol. The summed E-state index contributed by atoms with van der Waals surface area (Å²) in [6.07, 6.45) is 1.40. The minimum atomic E-state index is 0.223. The second-order valence-electron chi connectivity index (χ2n) is 5.18. The van der Waals surface area contributed by atoms with Crippen molar-refractivity contribution in [2.75, 3.05) is 21.3 Å². The Morgan fingerprint density at radius 2 is 1.55 bits per heavy atom. The van der Waals surface area contributed by atoms with Crippen LogP contribution < -0.4 is 14.2 Å². The van der Waals surface area contributed by atoms with Gasteiger partial charge in [0.15, 0.2) is 17.3 Å². The van der Waals surface area contributed by atoms with E-state index in [4.69, 9.17) is 14.2 Å². The van der Waals surface area contributed by atoms with Gasteiger partial charge >= 0.3 is 0 Å². The number of ketones is 1. The fourth-order valence-corrected chi connectivity index (χ4v) is 2.95. The van der Waals surface area contributed by atoms with Gasteiger partial charge in [0.05, 0.1) is 21.3 Å². The Morgan fingerprint density at radius 1 is 0.818 bits per heavy atom. The number of hydrogen-bond acceptors (Lipinski definition) is 4. The number of carbonyl (C=O) groups excluding carboxylic acids is 1. The number of hydrogen-bond donors (Lipinski definition) is 0. The van der Waals surface area contributed by atoms with Crippen LogP contribution in [0.25, 0.3) is 11.1 Å². The molecule has 0 amide bonds. The molecule has 0 aromatic heterocycles. The van der Waals surface area contributed by atoms with Gasteiger partial charge in [0, 0.05) is 17.5 Å². The van der Waals surface area contributed by atoms with E-state index >= 15 is 0 Å². The Balaban J connectivity index is 2.14. The maximum atomic E-state index is 11.8. The molecule has 4 nitrogen and oxygen atoms in total. The lowest BCUT2D eigenvalue weighted by Crippen LogP contribution is -1.97. The summed E-state index contributed by atoms with van der Waals surface area (Å²) in [6.45, 7) is 0. The third kappa shape index (κ3) is 2.21. The number of aryl methyl sites for hydroxylation is 1. The molecule has 0 spiro atoms. The maximum Gasteiger partial charge on any atom is 0.203 e. The van der Waals surface area contributed by atoms with Gasteiger partial charge in [-0.3, -0.25) is 4.79 Å². The molecule has 114 valence electrons. The van der Waals surface area contributed by atoms with Crippen molar-refractivity contribution in [1.82, 2.24) is 0 Å². The number of ether oxygens (including phenoxy) is 3. The van der Waals surface area contributed by atoms with E-state index in [9.17, 15) is 4.79 Å². The molecule has 0 unspecified atom stereocenters. The molecule has 0 bridgehead atoms. The first-order valence-electron chi connectivity index (χ1n) is 7.15. The van der Waals surface area contributed by atoms with Gasteiger partial charge in [-0.2, -0.15) is 0 Å². The molecule has 0 saturated heterocycles. The maximum absolute atomic E-state index is 11.8. The fraction of sp³-hybridized carbons (Fsp3) is 0.278. The number of rotatable bonds is 4. The molecule has 0 aliphatic heterocycles. The summed E-state index contributed by atoms with van der Waals surface area (Å²) in [6, 6.07) is 9.71. The summed E-state index contributed by atoms with van der Waals surface area (Å²) in [5, 5.41) is 0. The number of Topliss-reactive ketones (excluding diaryl/α,β-unsaturated/α-hetero) is 1. The van der Waals surface area contributed by atoms with E-state index in [2.05, 4.69) is 6.07 Å². The lowest BCUT2D eigenvalue weighted by atomic mass is 9.99. The third-order valence-corrected chi connectivity index (χ3v) is 4.04. The molecule has 4 heteroatoms. The summed E-state index contributed by atoms with van der Waals surface area (Å²) < 4.78 is 16.3. The topological polar surface area (TPSA) is 44.8 Å². The fourth-order valence-electron chi connectivity index (χ4n) is 2.95. The van der Waals surface area contributed by atoms with Crippen molar-refractivity contribution in [1.29, 1.82) is 0 Å². The predicted octanol–water partition coefficient (Wildman–Crippen LogP) is 3.51. The predicted molar refractivity (Wildman–Crippen MR) is 84.2 cm³/mol. The number of benzene rings is 2. The lowest BCUT2D eigenvalue weighted by molar-refractivity contribution is 0.0994. The van der Waals surface area contributed by atoms with E-state index in [1.807, 2.05) is 24.3 Å². The Hall–Kier alpha value is -2.49. The normalized spacial score (nSPS) is 13.0. The number of carbonyl (C=O) groups is 1. The minimum Gasteiger partial charge on any atom is -0.493 e. The van der Waals surface area contributed by atoms with Crippen LogP contribution in [0.1, 0.15) is 22.3 Å². The Kier molecular flexibility index (Phi) is 3.75. The summed E-state index contributed by atoms with van der Waals surface area (Å²) in [4.78, 5) is 11.8. The first-order chi connectivity index (χ1) is 10.7. The van der Waals surface area contributed by atoms with Crippen LogP contribution in [0.15, 0.2) is 30.3 Å². The molecular weight excluding hydrogens is 280 g/mol. The van der Waals surface area contributed by atoms with Gasteiger partial charge in [0.1, 0.15) is 0 Å². The van der Waals surface area contributed by atoms with Crippen LogP contribution in [0.4, 0.5) is 0 Å². The summed E-state index contributed by atoms with van der Waals surface area (Å²) in [7, 11) is 4.79. The van der Waals surface area contributed by atoms with Gasteiger partial charge in [-0.15, -0.1) is 0 Å². The Bertz CT molecular complexity index is 734. The molecule has 1 aliphatic carbocycles. The molecule has 0 fully saturated rings. The first-order valence-corrected chi connectivity index (χ1v) is 7.15. The van der Waals surface area contributed by atoms with Crippen molar-refractivity contribution in [2.45, 2.75) is 12.8 Å². The highest BCUT2D eigenvalue weighted by Gasteiger charge is 2.22. The van der Waals surface area contributed by atoms with Crippen molar-refractivity contribution < 1.29 is 19.0 Å². The van der Waals surface area contributed by atoms with Crippen molar-refractivity contribution >= 4 is 5.78 Å². The molecule has 0 saturated carbocycles. The van der Waals surface area contributed by atoms with Gasteiger partial charge in [0.2, 0.25) is 5.75 Å². The summed E-state index contributed by atoms with van der Waals surface area (Å²) in [5.41, 5.74) is 3.86. The smallest absolute Gasteiger partial charge is 0.203 e. The van der Waals surface area contributed by atoms with Crippen molar-refractivity contribution in [3.63, 3.8) is 0 Å². The zero-order valence-electron chi connectivity index (χ0n) is 12.9. The third-order valence-electron chi connectivity index (χ3n) is 4.04. The summed E-state index contributed by atoms with van der Waals surface area (Å²) >= 11 is 0. The van der Waals surface area contributed by atoms with Gasteiger partial charge in [0.25, 0.3) is 0 Å². The van der Waals surface area contributed by atoms with E-state index in [0.29, 0.717) is 23.7 Å². The Labute approximate surface area is 129 Å². The molecule has 22 heavy (non-hydrogen) atoms. The SMILES string of the molecule is COc1ccc(-c2ccc3c(c2)CCC3=O)c(OC)c1OC. The van der Waals surface area contributed by atoms with Crippen LogP contribution in [0.2, 0.25) is 0 Å². The van der Waals surface area contributed by atoms with E-state index in [1.54, 1.807) is 21.3 Å². The average Bonchev–Trinajstić information content (AvgIpc) is 2.93. The van der Waals surface area contributed by atoms with E-state index in [-0.39, 0.29) is 5.78 Å². The molecule has 0 heterocycles. The van der Waals surface area contributed by atoms with Crippen LogP contribution in [0.5, 0.6) is 17.2 Å².